The van der Waals surface area contributed by atoms with Gasteiger partial charge in [-0.2, -0.15) is 0 Å². The van der Waals surface area contributed by atoms with Crippen LogP contribution in [-0.4, -0.2) is 5.54 Å². The van der Waals surface area contributed by atoms with Crippen LogP contribution in [0.3, 0.4) is 0 Å². The van der Waals surface area contributed by atoms with Crippen LogP contribution < -0.4 is 9.80 Å². The highest BCUT2D eigenvalue weighted by atomic mass is 35.5. The van der Waals surface area contributed by atoms with Crippen LogP contribution in [-0.2, 0) is 21.7 Å². The lowest BCUT2D eigenvalue weighted by Gasteiger charge is -2.50. The van der Waals surface area contributed by atoms with Crippen molar-refractivity contribution >= 4 is 83.4 Å². The number of nitrogens with zero attached hydrogens (tertiary/aromatic N) is 2. The smallest absolute Gasteiger partial charge is 0.159 e. The molecule has 2 aromatic heterocycles. The van der Waals surface area contributed by atoms with Gasteiger partial charge < -0.3 is 14.2 Å². The summed E-state index contributed by atoms with van der Waals surface area (Å²) >= 11 is 9.22. The second kappa shape index (κ2) is 12.4. The van der Waals surface area contributed by atoms with Crippen LogP contribution in [0, 0.1) is 0 Å². The molecule has 7 aromatic rings. The lowest BCUT2D eigenvalue weighted by molar-refractivity contribution is 0.195. The number of hydrogen-bond acceptors (Lipinski definition) is 4. The highest BCUT2D eigenvalue weighted by molar-refractivity contribution is 7.17. The molecule has 10 rings (SSSR count). The van der Waals surface area contributed by atoms with Crippen LogP contribution in [0.5, 0.6) is 0 Å². The SMILES string of the molecule is CC(C)(C)c1ccc2c(c1)C1(C)CCCCC1(C)N2c1cc(Cl)cc(N(c2csc3cc4c(cc23)C(C)(C)CCC4(C)C)c2cccc3c2oc2ccccc23)c1. The summed E-state index contributed by atoms with van der Waals surface area (Å²) < 4.78 is 8.12. The highest BCUT2D eigenvalue weighted by Gasteiger charge is 2.58. The van der Waals surface area contributed by atoms with Crippen molar-refractivity contribution in [3.63, 3.8) is 0 Å². The molecule has 5 heteroatoms. The molecule has 2 aliphatic carbocycles. The van der Waals surface area contributed by atoms with E-state index in [0.29, 0.717) is 0 Å². The van der Waals surface area contributed by atoms with Gasteiger partial charge in [-0.25, -0.2) is 0 Å². The number of furan rings is 1. The van der Waals surface area contributed by atoms with E-state index in [-0.39, 0.29) is 27.2 Å². The normalized spacial score (nSPS) is 22.5. The van der Waals surface area contributed by atoms with Gasteiger partial charge >= 0.3 is 0 Å². The maximum atomic E-state index is 7.38. The first kappa shape index (κ1) is 37.0. The van der Waals surface area contributed by atoms with Crippen LogP contribution in [0.2, 0.25) is 5.02 Å². The van der Waals surface area contributed by atoms with Crippen molar-refractivity contribution in [1.82, 2.24) is 0 Å². The number of anilines is 5. The minimum Gasteiger partial charge on any atom is -0.454 e. The van der Waals surface area contributed by atoms with Crippen molar-refractivity contribution in [3.8, 4) is 0 Å². The second-order valence-electron chi connectivity index (χ2n) is 20.2. The average Bonchev–Trinajstić information content (AvgIpc) is 3.81. The number of fused-ring (bicyclic) bond motifs is 8. The molecule has 3 heterocycles. The third kappa shape index (κ3) is 5.42. The van der Waals surface area contributed by atoms with Crippen molar-refractivity contribution in [3.05, 3.63) is 124 Å². The van der Waals surface area contributed by atoms with Crippen molar-refractivity contribution in [2.45, 2.75) is 128 Å². The van der Waals surface area contributed by atoms with E-state index in [1.807, 2.05) is 11.3 Å². The molecule has 2 unspecified atom stereocenters. The monoisotopic (exact) mass is 790 g/mol. The molecule has 0 spiro atoms. The lowest BCUT2D eigenvalue weighted by Crippen LogP contribution is -2.54. The van der Waals surface area contributed by atoms with Crippen LogP contribution >= 0.6 is 22.9 Å². The molecular weight excluding hydrogens is 736 g/mol. The van der Waals surface area contributed by atoms with E-state index in [2.05, 4.69) is 168 Å². The van der Waals surface area contributed by atoms with Gasteiger partial charge in [0.1, 0.15) is 5.58 Å². The van der Waals surface area contributed by atoms with Gasteiger partial charge in [0, 0.05) is 53.7 Å². The number of hydrogen-bond donors (Lipinski definition) is 0. The largest absolute Gasteiger partial charge is 0.454 e. The summed E-state index contributed by atoms with van der Waals surface area (Å²) in [6.45, 7) is 21.7. The zero-order chi connectivity index (χ0) is 39.9. The van der Waals surface area contributed by atoms with Gasteiger partial charge in [0.05, 0.1) is 16.9 Å². The molecule has 0 bridgehead atoms. The van der Waals surface area contributed by atoms with Crippen molar-refractivity contribution < 1.29 is 4.42 Å². The fourth-order valence-corrected chi connectivity index (χ4v) is 12.2. The van der Waals surface area contributed by atoms with Gasteiger partial charge in [-0.1, -0.05) is 122 Å². The Kier molecular flexibility index (Phi) is 8.05. The molecule has 3 aliphatic rings. The van der Waals surface area contributed by atoms with Crippen molar-refractivity contribution in [2.24, 2.45) is 0 Å². The van der Waals surface area contributed by atoms with Gasteiger partial charge in [-0.05, 0) is 120 Å². The topological polar surface area (TPSA) is 19.6 Å². The number of para-hydroxylation sites is 2. The Balaban J connectivity index is 1.23. The summed E-state index contributed by atoms with van der Waals surface area (Å²) in [4.78, 5) is 5.10. The van der Waals surface area contributed by atoms with Crippen LogP contribution in [0.4, 0.5) is 28.4 Å². The molecule has 0 saturated heterocycles. The molecule has 292 valence electrons. The third-order valence-corrected chi connectivity index (χ3v) is 15.9. The fourth-order valence-electron chi connectivity index (χ4n) is 11.0. The first-order valence-electron chi connectivity index (χ1n) is 21.0. The summed E-state index contributed by atoms with van der Waals surface area (Å²) in [6, 6.07) is 34.1. The van der Waals surface area contributed by atoms with E-state index in [1.54, 1.807) is 0 Å². The van der Waals surface area contributed by atoms with E-state index in [9.17, 15) is 0 Å². The van der Waals surface area contributed by atoms with Gasteiger partial charge in [0.25, 0.3) is 0 Å². The van der Waals surface area contributed by atoms with Gasteiger partial charge in [0.15, 0.2) is 5.58 Å². The molecule has 1 fully saturated rings. The summed E-state index contributed by atoms with van der Waals surface area (Å²) in [6.07, 6.45) is 7.12. The second-order valence-corrected chi connectivity index (χ2v) is 21.5. The quantitative estimate of drug-likeness (QED) is 0.177. The number of benzene rings is 5. The predicted molar refractivity (Wildman–Crippen MR) is 246 cm³/mol. The van der Waals surface area contributed by atoms with E-state index in [0.717, 1.165) is 56.1 Å². The van der Waals surface area contributed by atoms with E-state index >= 15 is 0 Å². The molecule has 0 amide bonds. The van der Waals surface area contributed by atoms with Crippen molar-refractivity contribution in [1.29, 1.82) is 0 Å². The minimum atomic E-state index is -0.109. The van der Waals surface area contributed by atoms with Crippen LogP contribution in [0.15, 0.2) is 101 Å². The molecule has 0 N–H and O–H groups in total. The van der Waals surface area contributed by atoms with E-state index in [4.69, 9.17) is 16.0 Å². The predicted octanol–water partition coefficient (Wildman–Crippen LogP) is 16.3. The Bertz CT molecular complexity index is 2760. The third-order valence-electron chi connectivity index (χ3n) is 14.7. The number of rotatable bonds is 4. The van der Waals surface area contributed by atoms with E-state index in [1.165, 1.54) is 70.1 Å². The molecule has 0 radical (unpaired) electrons. The van der Waals surface area contributed by atoms with Gasteiger partial charge in [-0.15, -0.1) is 11.3 Å². The molecule has 3 nitrogen and oxygen atoms in total. The lowest BCUT2D eigenvalue weighted by atomic mass is 9.61. The zero-order valence-corrected chi connectivity index (χ0v) is 36.6. The fraction of sp³-hybridized carbons (Fsp3) is 0.385. The first-order chi connectivity index (χ1) is 27.0. The van der Waals surface area contributed by atoms with Crippen LogP contribution in [0.25, 0.3) is 32.0 Å². The Morgan fingerprint density at radius 3 is 2.18 bits per heavy atom. The Morgan fingerprint density at radius 2 is 1.40 bits per heavy atom. The summed E-state index contributed by atoms with van der Waals surface area (Å²) in [7, 11) is 0. The first-order valence-corrected chi connectivity index (χ1v) is 22.3. The average molecular weight is 792 g/mol. The molecule has 1 aliphatic heterocycles. The van der Waals surface area contributed by atoms with Crippen LogP contribution in [0.1, 0.15) is 123 Å². The van der Waals surface area contributed by atoms with Gasteiger partial charge in [0.2, 0.25) is 0 Å². The Morgan fingerprint density at radius 1 is 0.684 bits per heavy atom. The summed E-state index contributed by atoms with van der Waals surface area (Å²) in [5.74, 6) is 0. The zero-order valence-electron chi connectivity index (χ0n) is 35.1. The summed E-state index contributed by atoms with van der Waals surface area (Å²) in [5, 5.41) is 6.60. The minimum absolute atomic E-state index is 0.00706. The molecule has 57 heavy (non-hydrogen) atoms. The summed E-state index contributed by atoms with van der Waals surface area (Å²) in [5.41, 5.74) is 13.4. The van der Waals surface area contributed by atoms with Gasteiger partial charge in [-0.3, -0.25) is 0 Å². The maximum Gasteiger partial charge on any atom is 0.159 e. The molecular formula is C52H55ClN2OS. The molecule has 1 saturated carbocycles. The Labute approximate surface area is 347 Å². The maximum absolute atomic E-state index is 7.38. The number of halogens is 1. The molecule has 5 aromatic carbocycles. The standard InChI is InChI=1S/C52H55ClN2OS/c1-48(2,3)32-19-20-42-41(25-32)51(8)21-12-13-22-52(51,9)55(42)35-27-33(53)26-34(28-35)54(43-17-14-16-37-36-15-10-11-18-45(36)56-47(37)43)44-31-57-46-30-40-39(29-38(44)46)49(4,5)23-24-50(40,6)7/h10-11,14-20,25-31H,12-13,21-24H2,1-9H3. The van der Waals surface area contributed by atoms with E-state index < -0.39 is 0 Å². The molecule has 2 atom stereocenters. The number of thiophene rings is 1. The Hall–Kier alpha value is -4.25. The van der Waals surface area contributed by atoms with Crippen molar-refractivity contribution in [2.75, 3.05) is 9.80 Å². The highest BCUT2D eigenvalue weighted by Crippen LogP contribution is 2.62.